The van der Waals surface area contributed by atoms with Gasteiger partial charge in [-0.25, -0.2) is 9.59 Å². The Labute approximate surface area is 330 Å². The second kappa shape index (κ2) is 30.1. The standard InChI is InChI=1S/C42H60N2O12/c43-35-23-19-33(20-24-35)41(49)55-31-11-3-7-17-37(45)51-27-9-1-5-15-39(47)53-29-13-14-30-54-40(48)16-6-2-10-28-52-38(46)18-8-4-12-32-56-42(50)34-21-25-36(44)26-22-34/h19-26H,1-18,27-32,43-44H2. The van der Waals surface area contributed by atoms with Gasteiger partial charge in [-0.15, -0.1) is 0 Å². The van der Waals surface area contributed by atoms with Gasteiger partial charge in [0.1, 0.15) is 0 Å². The second-order valence-electron chi connectivity index (χ2n) is 13.3. The number of nitrogen functional groups attached to an aromatic ring is 2. The molecule has 0 aliphatic heterocycles. The number of carbonyl (C=O) groups is 6. The van der Waals surface area contributed by atoms with Gasteiger partial charge < -0.3 is 39.9 Å². The monoisotopic (exact) mass is 784 g/mol. The fourth-order valence-electron chi connectivity index (χ4n) is 5.16. The third-order valence-corrected chi connectivity index (χ3v) is 8.45. The van der Waals surface area contributed by atoms with Crippen molar-refractivity contribution in [2.24, 2.45) is 0 Å². The highest BCUT2D eigenvalue weighted by atomic mass is 16.6. The molecule has 0 radical (unpaired) electrons. The fourth-order valence-corrected chi connectivity index (χ4v) is 5.16. The van der Waals surface area contributed by atoms with Crippen LogP contribution in [0.4, 0.5) is 11.4 Å². The topological polar surface area (TPSA) is 210 Å². The highest BCUT2D eigenvalue weighted by Gasteiger charge is 2.10. The molecule has 0 aliphatic rings. The van der Waals surface area contributed by atoms with Crippen LogP contribution in [-0.2, 0) is 47.6 Å². The van der Waals surface area contributed by atoms with Gasteiger partial charge in [-0.2, -0.15) is 0 Å². The zero-order valence-corrected chi connectivity index (χ0v) is 32.6. The van der Waals surface area contributed by atoms with E-state index in [-0.39, 0.29) is 63.1 Å². The lowest BCUT2D eigenvalue weighted by Gasteiger charge is -2.07. The Bertz CT molecular complexity index is 1340. The summed E-state index contributed by atoms with van der Waals surface area (Å²) in [5.41, 5.74) is 13.3. The quantitative estimate of drug-likeness (QED) is 0.0339. The molecule has 0 aliphatic carbocycles. The lowest BCUT2D eigenvalue weighted by molar-refractivity contribution is -0.146. The number of ether oxygens (including phenoxy) is 6. The molecule has 2 aromatic rings. The molecule has 2 rings (SSSR count). The van der Waals surface area contributed by atoms with Crippen LogP contribution in [0.2, 0.25) is 0 Å². The SMILES string of the molecule is Nc1ccc(C(=O)OCCCCCC(=O)OCCCCCC(=O)OCCCCOC(=O)CCCCCOC(=O)CCCCCOC(=O)c2ccc(N)cc2)cc1. The van der Waals surface area contributed by atoms with Gasteiger partial charge >= 0.3 is 35.8 Å². The molecule has 14 nitrogen and oxygen atoms in total. The summed E-state index contributed by atoms with van der Waals surface area (Å²) >= 11 is 0. The first-order valence-corrected chi connectivity index (χ1v) is 19.8. The Morgan fingerprint density at radius 2 is 0.554 bits per heavy atom. The van der Waals surface area contributed by atoms with Crippen LogP contribution in [0.15, 0.2) is 48.5 Å². The predicted molar refractivity (Wildman–Crippen MR) is 209 cm³/mol. The number of hydrogen-bond acceptors (Lipinski definition) is 14. The average molecular weight is 785 g/mol. The second-order valence-corrected chi connectivity index (χ2v) is 13.3. The molecular weight excluding hydrogens is 724 g/mol. The van der Waals surface area contributed by atoms with E-state index in [0.717, 1.165) is 25.7 Å². The lowest BCUT2D eigenvalue weighted by Crippen LogP contribution is -2.09. The summed E-state index contributed by atoms with van der Waals surface area (Å²) in [5.74, 6) is -1.89. The van der Waals surface area contributed by atoms with E-state index in [1.807, 2.05) is 0 Å². The van der Waals surface area contributed by atoms with E-state index >= 15 is 0 Å². The van der Waals surface area contributed by atoms with Crippen molar-refractivity contribution in [2.45, 2.75) is 116 Å². The summed E-state index contributed by atoms with van der Waals surface area (Å²) in [7, 11) is 0. The zero-order chi connectivity index (χ0) is 40.6. The summed E-state index contributed by atoms with van der Waals surface area (Å²) in [5, 5.41) is 0. The molecule has 0 atom stereocenters. The van der Waals surface area contributed by atoms with Crippen LogP contribution in [-0.4, -0.2) is 75.5 Å². The van der Waals surface area contributed by atoms with E-state index in [9.17, 15) is 28.8 Å². The molecule has 2 aromatic carbocycles. The molecule has 0 amide bonds. The van der Waals surface area contributed by atoms with Crippen molar-refractivity contribution in [3.63, 3.8) is 0 Å². The van der Waals surface area contributed by atoms with E-state index in [4.69, 9.17) is 39.9 Å². The number of hydrogen-bond donors (Lipinski definition) is 2. The molecule has 0 saturated carbocycles. The largest absolute Gasteiger partial charge is 0.466 e. The lowest BCUT2D eigenvalue weighted by atomic mass is 10.2. The molecule has 56 heavy (non-hydrogen) atoms. The predicted octanol–water partition coefficient (Wildman–Crippen LogP) is 7.06. The number of esters is 6. The molecule has 0 saturated heterocycles. The molecule has 0 unspecified atom stereocenters. The molecule has 0 heterocycles. The molecule has 4 N–H and O–H groups in total. The molecule has 0 aromatic heterocycles. The Morgan fingerprint density at radius 1 is 0.321 bits per heavy atom. The number of nitrogens with two attached hydrogens (primary N) is 2. The normalized spacial score (nSPS) is 10.6. The van der Waals surface area contributed by atoms with Crippen LogP contribution >= 0.6 is 0 Å². The maximum Gasteiger partial charge on any atom is 0.338 e. The third-order valence-electron chi connectivity index (χ3n) is 8.45. The molecule has 0 fully saturated rings. The van der Waals surface area contributed by atoms with Crippen molar-refractivity contribution < 1.29 is 57.2 Å². The van der Waals surface area contributed by atoms with Gasteiger partial charge in [-0.1, -0.05) is 0 Å². The maximum absolute atomic E-state index is 11.9. The molecular formula is C42H60N2O12. The van der Waals surface area contributed by atoms with Crippen molar-refractivity contribution >= 4 is 47.2 Å². The summed E-state index contributed by atoms with van der Waals surface area (Å²) in [6, 6.07) is 13.0. The number of unbranched alkanes of at least 4 members (excludes halogenated alkanes) is 9. The van der Waals surface area contributed by atoms with Gasteiger partial charge in [0.2, 0.25) is 0 Å². The smallest absolute Gasteiger partial charge is 0.338 e. The van der Waals surface area contributed by atoms with Crippen LogP contribution in [0.25, 0.3) is 0 Å². The van der Waals surface area contributed by atoms with Crippen LogP contribution in [0, 0.1) is 0 Å². The van der Waals surface area contributed by atoms with Crippen LogP contribution in [0.3, 0.4) is 0 Å². The minimum absolute atomic E-state index is 0.262. The van der Waals surface area contributed by atoms with Gasteiger partial charge in [0.05, 0.1) is 50.8 Å². The first-order chi connectivity index (χ1) is 27.1. The van der Waals surface area contributed by atoms with E-state index in [1.165, 1.54) is 0 Å². The van der Waals surface area contributed by atoms with Gasteiger partial charge in [-0.3, -0.25) is 19.2 Å². The van der Waals surface area contributed by atoms with Gasteiger partial charge in [0, 0.05) is 37.1 Å². The van der Waals surface area contributed by atoms with Crippen LogP contribution in [0.5, 0.6) is 0 Å². The van der Waals surface area contributed by atoms with Gasteiger partial charge in [-0.05, 0) is 138 Å². The summed E-state index contributed by atoms with van der Waals surface area (Å²) in [6.45, 7) is 1.70. The highest BCUT2D eigenvalue weighted by Crippen LogP contribution is 2.11. The first kappa shape index (κ1) is 47.0. The number of rotatable bonds is 31. The van der Waals surface area contributed by atoms with E-state index in [0.29, 0.717) is 113 Å². The Morgan fingerprint density at radius 3 is 0.821 bits per heavy atom. The summed E-state index contributed by atoms with van der Waals surface area (Å²) < 4.78 is 31.4. The third kappa shape index (κ3) is 24.3. The Balaban J connectivity index is 1.28. The van der Waals surface area contributed by atoms with Crippen molar-refractivity contribution in [3.05, 3.63) is 59.7 Å². The van der Waals surface area contributed by atoms with E-state index in [2.05, 4.69) is 0 Å². The zero-order valence-electron chi connectivity index (χ0n) is 32.6. The van der Waals surface area contributed by atoms with E-state index in [1.54, 1.807) is 48.5 Å². The average Bonchev–Trinajstić information content (AvgIpc) is 3.18. The Hall–Kier alpha value is -5.14. The Kier molecular flexibility index (Phi) is 25.3. The number of carbonyl (C=O) groups excluding carboxylic acids is 6. The molecule has 310 valence electrons. The van der Waals surface area contributed by atoms with Crippen LogP contribution < -0.4 is 11.5 Å². The van der Waals surface area contributed by atoms with Crippen molar-refractivity contribution in [2.75, 3.05) is 51.1 Å². The van der Waals surface area contributed by atoms with Crippen molar-refractivity contribution in [3.8, 4) is 0 Å². The minimum Gasteiger partial charge on any atom is -0.466 e. The highest BCUT2D eigenvalue weighted by molar-refractivity contribution is 5.90. The van der Waals surface area contributed by atoms with E-state index < -0.39 is 11.9 Å². The number of benzene rings is 2. The summed E-state index contributed by atoms with van der Waals surface area (Å²) in [4.78, 5) is 71.6. The molecule has 0 bridgehead atoms. The number of anilines is 2. The first-order valence-electron chi connectivity index (χ1n) is 19.8. The van der Waals surface area contributed by atoms with Crippen molar-refractivity contribution in [1.82, 2.24) is 0 Å². The van der Waals surface area contributed by atoms with Crippen molar-refractivity contribution in [1.29, 1.82) is 0 Å². The molecule has 0 spiro atoms. The van der Waals surface area contributed by atoms with Gasteiger partial charge in [0.25, 0.3) is 0 Å². The summed E-state index contributed by atoms with van der Waals surface area (Å²) in [6.07, 6.45) is 10.5. The maximum atomic E-state index is 11.9. The molecule has 14 heteroatoms. The van der Waals surface area contributed by atoms with Gasteiger partial charge in [0.15, 0.2) is 0 Å². The minimum atomic E-state index is -0.398. The van der Waals surface area contributed by atoms with Crippen LogP contribution in [0.1, 0.15) is 136 Å². The fraction of sp³-hybridized carbons (Fsp3) is 0.571.